The Morgan fingerprint density at radius 3 is 3.00 bits per heavy atom. The van der Waals surface area contributed by atoms with E-state index in [1.807, 2.05) is 11.3 Å². The molecule has 1 N–H and O–H groups in total. The van der Waals surface area contributed by atoms with E-state index in [-0.39, 0.29) is 0 Å². The lowest BCUT2D eigenvalue weighted by molar-refractivity contribution is 0.244. The summed E-state index contributed by atoms with van der Waals surface area (Å²) in [6, 6.07) is 4.42. The monoisotopic (exact) mass is 209 g/mol. The smallest absolute Gasteiger partial charge is 0.0227 e. The van der Waals surface area contributed by atoms with Crippen molar-refractivity contribution < 1.29 is 0 Å². The van der Waals surface area contributed by atoms with Gasteiger partial charge in [-0.25, -0.2) is 0 Å². The second-order valence-electron chi connectivity index (χ2n) is 4.27. The fraction of sp³-hybridized carbons (Fsp3) is 0.667. The summed E-state index contributed by atoms with van der Waals surface area (Å²) in [4.78, 5) is 1.53. The quantitative estimate of drug-likeness (QED) is 0.806. The zero-order valence-electron chi connectivity index (χ0n) is 8.88. The molecule has 0 amide bonds. The van der Waals surface area contributed by atoms with Crippen molar-refractivity contribution in [3.05, 3.63) is 22.4 Å². The fourth-order valence-corrected chi connectivity index (χ4v) is 3.20. The summed E-state index contributed by atoms with van der Waals surface area (Å²) >= 11 is 1.89. The zero-order chi connectivity index (χ0) is 9.86. The van der Waals surface area contributed by atoms with Crippen molar-refractivity contribution >= 4 is 11.3 Å². The maximum Gasteiger partial charge on any atom is 0.0227 e. The Bertz CT molecular complexity index is 260. The van der Waals surface area contributed by atoms with Crippen LogP contribution in [0.15, 0.2) is 17.5 Å². The predicted molar refractivity (Wildman–Crippen MR) is 62.9 cm³/mol. The number of rotatable bonds is 3. The number of piperidine rings is 1. The Morgan fingerprint density at radius 2 is 2.43 bits per heavy atom. The van der Waals surface area contributed by atoms with Gasteiger partial charge in [0, 0.05) is 10.4 Å². The van der Waals surface area contributed by atoms with E-state index < -0.39 is 0 Å². The lowest BCUT2D eigenvalue weighted by atomic mass is 9.83. The van der Waals surface area contributed by atoms with Crippen LogP contribution >= 0.6 is 11.3 Å². The summed E-state index contributed by atoms with van der Waals surface area (Å²) in [6.07, 6.45) is 6.58. The van der Waals surface area contributed by atoms with E-state index in [1.54, 1.807) is 0 Å². The molecule has 0 spiro atoms. The molecule has 0 radical (unpaired) electrons. The Hall–Kier alpha value is -0.340. The van der Waals surface area contributed by atoms with Gasteiger partial charge in [0.05, 0.1) is 0 Å². The third kappa shape index (κ3) is 2.18. The van der Waals surface area contributed by atoms with Crippen molar-refractivity contribution in [2.24, 2.45) is 0 Å². The number of hydrogen-bond acceptors (Lipinski definition) is 2. The highest BCUT2D eigenvalue weighted by molar-refractivity contribution is 7.09. The van der Waals surface area contributed by atoms with Crippen LogP contribution in [0, 0.1) is 0 Å². The molecule has 0 aromatic carbocycles. The molecule has 2 rings (SSSR count). The summed E-state index contributed by atoms with van der Waals surface area (Å²) < 4.78 is 0. The third-order valence-electron chi connectivity index (χ3n) is 3.35. The zero-order valence-corrected chi connectivity index (χ0v) is 9.70. The van der Waals surface area contributed by atoms with Crippen molar-refractivity contribution in [3.63, 3.8) is 0 Å². The molecule has 78 valence electrons. The van der Waals surface area contributed by atoms with Gasteiger partial charge >= 0.3 is 0 Å². The number of thiophene rings is 1. The molecule has 1 saturated heterocycles. The molecule has 1 nitrogen and oxygen atoms in total. The molecule has 2 heterocycles. The summed E-state index contributed by atoms with van der Waals surface area (Å²) in [5.74, 6) is 0. The Kier molecular flexibility index (Phi) is 3.24. The van der Waals surface area contributed by atoms with E-state index in [0.29, 0.717) is 5.54 Å². The van der Waals surface area contributed by atoms with Crippen LogP contribution in [0.2, 0.25) is 0 Å². The Morgan fingerprint density at radius 1 is 1.50 bits per heavy atom. The van der Waals surface area contributed by atoms with Gasteiger partial charge < -0.3 is 5.32 Å². The molecule has 1 fully saturated rings. The molecular weight excluding hydrogens is 190 g/mol. The summed E-state index contributed by atoms with van der Waals surface area (Å²) in [7, 11) is 0. The first-order chi connectivity index (χ1) is 6.85. The minimum atomic E-state index is 0.406. The van der Waals surface area contributed by atoms with Crippen LogP contribution in [0.1, 0.15) is 37.5 Å². The third-order valence-corrected chi connectivity index (χ3v) is 4.23. The van der Waals surface area contributed by atoms with Gasteiger partial charge in [-0.2, -0.15) is 0 Å². The summed E-state index contributed by atoms with van der Waals surface area (Å²) in [6.45, 7) is 3.52. The largest absolute Gasteiger partial charge is 0.311 e. The van der Waals surface area contributed by atoms with Crippen LogP contribution in [0.4, 0.5) is 0 Å². The summed E-state index contributed by atoms with van der Waals surface area (Å²) in [5.41, 5.74) is 0.406. The first kappa shape index (κ1) is 10.2. The van der Waals surface area contributed by atoms with Crippen LogP contribution in [0.5, 0.6) is 0 Å². The van der Waals surface area contributed by atoms with Crippen molar-refractivity contribution in [1.82, 2.24) is 5.32 Å². The second kappa shape index (κ2) is 4.45. The Labute approximate surface area is 90.5 Å². The van der Waals surface area contributed by atoms with Gasteiger partial charge in [0.25, 0.3) is 0 Å². The first-order valence-corrected chi connectivity index (χ1v) is 6.50. The summed E-state index contributed by atoms with van der Waals surface area (Å²) in [5, 5.41) is 5.91. The molecule has 0 aliphatic carbocycles. The molecule has 1 aromatic heterocycles. The maximum atomic E-state index is 3.73. The van der Waals surface area contributed by atoms with Gasteiger partial charge in [0.2, 0.25) is 0 Å². The molecule has 0 bridgehead atoms. The number of hydrogen-bond donors (Lipinski definition) is 1. The molecule has 1 aliphatic rings. The van der Waals surface area contributed by atoms with Crippen LogP contribution < -0.4 is 5.32 Å². The van der Waals surface area contributed by atoms with Crippen molar-refractivity contribution in [2.75, 3.05) is 6.54 Å². The standard InChI is InChI=1S/C12H19NS/c1-2-12(7-3-4-8-13-12)10-11-6-5-9-14-11/h5-6,9,13H,2-4,7-8,10H2,1H3. The average molecular weight is 209 g/mol. The highest BCUT2D eigenvalue weighted by atomic mass is 32.1. The van der Waals surface area contributed by atoms with Crippen LogP contribution in [-0.4, -0.2) is 12.1 Å². The average Bonchev–Trinajstić information content (AvgIpc) is 2.72. The van der Waals surface area contributed by atoms with Gasteiger partial charge in [-0.3, -0.25) is 0 Å². The van der Waals surface area contributed by atoms with E-state index in [0.717, 1.165) is 0 Å². The SMILES string of the molecule is CCC1(Cc2cccs2)CCCCN1. The normalized spacial score (nSPS) is 27.8. The minimum Gasteiger partial charge on any atom is -0.311 e. The molecule has 0 saturated carbocycles. The van der Waals surface area contributed by atoms with Crippen molar-refractivity contribution in [2.45, 2.75) is 44.6 Å². The van der Waals surface area contributed by atoms with Gasteiger partial charge in [0.1, 0.15) is 0 Å². The maximum absolute atomic E-state index is 3.73. The Balaban J connectivity index is 2.04. The van der Waals surface area contributed by atoms with Crippen LogP contribution in [0.25, 0.3) is 0 Å². The predicted octanol–water partition coefficient (Wildman–Crippen LogP) is 3.21. The molecular formula is C12H19NS. The van der Waals surface area contributed by atoms with Gasteiger partial charge in [0.15, 0.2) is 0 Å². The lowest BCUT2D eigenvalue weighted by Crippen LogP contribution is -2.49. The lowest BCUT2D eigenvalue weighted by Gasteiger charge is -2.37. The minimum absolute atomic E-state index is 0.406. The molecule has 1 unspecified atom stereocenters. The second-order valence-corrected chi connectivity index (χ2v) is 5.31. The van der Waals surface area contributed by atoms with Gasteiger partial charge in [-0.15, -0.1) is 11.3 Å². The van der Waals surface area contributed by atoms with E-state index in [4.69, 9.17) is 0 Å². The van der Waals surface area contributed by atoms with E-state index in [9.17, 15) is 0 Å². The topological polar surface area (TPSA) is 12.0 Å². The molecule has 1 aliphatic heterocycles. The number of nitrogens with one attached hydrogen (secondary N) is 1. The van der Waals surface area contributed by atoms with Crippen LogP contribution in [-0.2, 0) is 6.42 Å². The van der Waals surface area contributed by atoms with E-state index in [2.05, 4.69) is 29.8 Å². The van der Waals surface area contributed by atoms with E-state index >= 15 is 0 Å². The van der Waals surface area contributed by atoms with Gasteiger partial charge in [-0.1, -0.05) is 19.4 Å². The fourth-order valence-electron chi connectivity index (χ4n) is 2.35. The first-order valence-electron chi connectivity index (χ1n) is 5.62. The molecule has 1 atom stereocenters. The van der Waals surface area contributed by atoms with Gasteiger partial charge in [-0.05, 0) is 43.7 Å². The highest BCUT2D eigenvalue weighted by Crippen LogP contribution is 2.28. The highest BCUT2D eigenvalue weighted by Gasteiger charge is 2.29. The molecule has 1 aromatic rings. The van der Waals surface area contributed by atoms with Crippen molar-refractivity contribution in [1.29, 1.82) is 0 Å². The van der Waals surface area contributed by atoms with Crippen LogP contribution in [0.3, 0.4) is 0 Å². The molecule has 2 heteroatoms. The van der Waals surface area contributed by atoms with Crippen molar-refractivity contribution in [3.8, 4) is 0 Å². The van der Waals surface area contributed by atoms with E-state index in [1.165, 1.54) is 43.5 Å². The molecule has 14 heavy (non-hydrogen) atoms.